The van der Waals surface area contributed by atoms with Gasteiger partial charge in [0.05, 0.1) is 11.9 Å². The van der Waals surface area contributed by atoms with Gasteiger partial charge in [-0.05, 0) is 20.8 Å². The van der Waals surface area contributed by atoms with E-state index in [9.17, 15) is 44.7 Å². The fourth-order valence-corrected chi connectivity index (χ4v) is 3.54. The smallest absolute Gasteiger partial charge is 0.268 e. The van der Waals surface area contributed by atoms with E-state index >= 15 is 0 Å². The van der Waals surface area contributed by atoms with Crippen molar-refractivity contribution in [3.05, 3.63) is 0 Å². The Morgan fingerprint density at radius 3 is 1.64 bits per heavy atom. The molecule has 0 bridgehead atoms. The van der Waals surface area contributed by atoms with Crippen LogP contribution in [0.2, 0.25) is 0 Å². The molecule has 0 radical (unpaired) electrons. The first kappa shape index (κ1) is 22.0. The number of rotatable bonds is 6. The Kier molecular flexibility index (Phi) is 5.78. The van der Waals surface area contributed by atoms with Gasteiger partial charge in [-0.15, -0.1) is 0 Å². The molecule has 1 heterocycles. The molecule has 11 heteroatoms. The molecule has 0 aliphatic carbocycles. The van der Waals surface area contributed by atoms with E-state index in [-0.39, 0.29) is 0 Å². The third kappa shape index (κ3) is 2.38. The zero-order valence-electron chi connectivity index (χ0n) is 13.6. The first-order valence-electron chi connectivity index (χ1n) is 7.03. The van der Waals surface area contributed by atoms with Crippen molar-refractivity contribution >= 4 is 39.1 Å². The summed E-state index contributed by atoms with van der Waals surface area (Å²) >= 11 is 2.69. The number of carbonyl (C=O) groups excluding carboxylic acids is 4. The van der Waals surface area contributed by atoms with Crippen molar-refractivity contribution in [3.63, 3.8) is 0 Å². The summed E-state index contributed by atoms with van der Waals surface area (Å²) in [5, 5.41) is 51.8. The molecule has 0 aromatic carbocycles. The van der Waals surface area contributed by atoms with E-state index in [1.807, 2.05) is 0 Å². The number of aliphatic hydroxyl groups is 5. The summed E-state index contributed by atoms with van der Waals surface area (Å²) in [5.41, 5.74) is -10.7. The summed E-state index contributed by atoms with van der Waals surface area (Å²) in [6.07, 6.45) is -2.20. The molecule has 0 spiro atoms. The molecular weight excluding hydrogens is 408 g/mol. The third-order valence-corrected chi connectivity index (χ3v) is 5.07. The van der Waals surface area contributed by atoms with E-state index in [0.717, 1.165) is 0 Å². The van der Waals surface area contributed by atoms with Crippen LogP contribution < -0.4 is 0 Å². The number of alkyl halides is 1. The zero-order valence-corrected chi connectivity index (χ0v) is 15.2. The quantitative estimate of drug-likeness (QED) is 0.274. The summed E-state index contributed by atoms with van der Waals surface area (Å²) < 4.78 is 4.85. The van der Waals surface area contributed by atoms with Gasteiger partial charge in [-0.1, -0.05) is 15.9 Å². The van der Waals surface area contributed by atoms with Crippen LogP contribution >= 0.6 is 15.9 Å². The lowest BCUT2D eigenvalue weighted by Gasteiger charge is -2.59. The zero-order chi connectivity index (χ0) is 20.0. The molecule has 1 aliphatic heterocycles. The van der Waals surface area contributed by atoms with Crippen molar-refractivity contribution in [2.24, 2.45) is 0 Å². The van der Waals surface area contributed by atoms with Crippen LogP contribution in [0, 0.1) is 0 Å². The molecule has 0 aromatic rings. The topological polar surface area (TPSA) is 179 Å². The van der Waals surface area contributed by atoms with Gasteiger partial charge in [0.2, 0.25) is 17.0 Å². The van der Waals surface area contributed by atoms with Crippen molar-refractivity contribution in [1.29, 1.82) is 0 Å². The standard InChI is InChI=1S/C14H19BrO10/c1-6(17)11(21)10(5-16)25-14(24,9(20)4-15)13(23,8(3)19)12(11,22)7(2)18/h10,16,21-24H,4-5H2,1-3H3/t10-,11+,12+,13+,14-/m1/s1. The molecule has 1 aliphatic rings. The summed E-state index contributed by atoms with van der Waals surface area (Å²) in [6.45, 7) is 0.707. The Bertz CT molecular complexity index is 635. The van der Waals surface area contributed by atoms with Gasteiger partial charge in [0.1, 0.15) is 6.10 Å². The summed E-state index contributed by atoms with van der Waals surface area (Å²) in [7, 11) is 0. The Balaban J connectivity index is 4.05. The fourth-order valence-electron chi connectivity index (χ4n) is 3.16. The van der Waals surface area contributed by atoms with Crippen LogP contribution in [0.15, 0.2) is 0 Å². The van der Waals surface area contributed by atoms with Gasteiger partial charge in [0.15, 0.2) is 23.0 Å². The number of ether oxygens (including phenoxy) is 1. The number of halogens is 1. The first-order valence-corrected chi connectivity index (χ1v) is 8.16. The molecule has 1 rings (SSSR count). The average Bonchev–Trinajstić information content (AvgIpc) is 2.54. The van der Waals surface area contributed by atoms with Gasteiger partial charge in [0, 0.05) is 0 Å². The first-order chi connectivity index (χ1) is 11.2. The highest BCUT2D eigenvalue weighted by atomic mass is 79.9. The number of hydrogen-bond donors (Lipinski definition) is 5. The number of aliphatic hydroxyl groups excluding tert-OH is 1. The predicted molar refractivity (Wildman–Crippen MR) is 82.6 cm³/mol. The van der Waals surface area contributed by atoms with Gasteiger partial charge >= 0.3 is 0 Å². The SMILES string of the molecule is CC(=O)[C@@]1(O)[C@@](O)(C(C)=O)[C@@](O)(C(=O)CBr)O[C@H](CO)[C@@]1(O)C(C)=O. The molecule has 0 aromatic heterocycles. The lowest BCUT2D eigenvalue weighted by atomic mass is 9.57. The molecular formula is C14H19BrO10. The minimum atomic E-state index is -3.73. The minimum absolute atomic E-state index is 0.615. The Hall–Kier alpha value is -1.08. The van der Waals surface area contributed by atoms with Crippen molar-refractivity contribution < 1.29 is 49.4 Å². The van der Waals surface area contributed by atoms with Gasteiger partial charge < -0.3 is 30.3 Å². The molecule has 0 unspecified atom stereocenters. The number of hydrogen-bond acceptors (Lipinski definition) is 10. The average molecular weight is 427 g/mol. The number of carbonyl (C=O) groups is 4. The van der Waals surface area contributed by atoms with Crippen molar-refractivity contribution in [2.45, 2.75) is 49.5 Å². The second-order valence-corrected chi connectivity index (χ2v) is 6.41. The van der Waals surface area contributed by atoms with Gasteiger partial charge in [-0.25, -0.2) is 0 Å². The molecule has 0 saturated carbocycles. The minimum Gasteiger partial charge on any atom is -0.394 e. The van der Waals surface area contributed by atoms with Crippen LogP contribution in [0.4, 0.5) is 0 Å². The van der Waals surface area contributed by atoms with Crippen LogP contribution in [0.25, 0.3) is 0 Å². The Morgan fingerprint density at radius 1 is 0.920 bits per heavy atom. The maximum atomic E-state index is 12.2. The summed E-state index contributed by atoms with van der Waals surface area (Å²) in [4.78, 5) is 48.5. The molecule has 0 amide bonds. The highest BCUT2D eigenvalue weighted by molar-refractivity contribution is 9.09. The molecule has 142 valence electrons. The van der Waals surface area contributed by atoms with Crippen LogP contribution in [0.1, 0.15) is 20.8 Å². The van der Waals surface area contributed by atoms with E-state index in [2.05, 4.69) is 15.9 Å². The predicted octanol–water partition coefficient (Wildman–Crippen LogP) is -3.01. The maximum Gasteiger partial charge on any atom is 0.268 e. The van der Waals surface area contributed by atoms with E-state index in [4.69, 9.17) is 4.74 Å². The van der Waals surface area contributed by atoms with Crippen LogP contribution in [-0.4, -0.2) is 89.3 Å². The van der Waals surface area contributed by atoms with Gasteiger partial charge in [0.25, 0.3) is 5.79 Å². The summed E-state index contributed by atoms with van der Waals surface area (Å²) in [5.74, 6) is -9.31. The highest BCUT2D eigenvalue weighted by Gasteiger charge is 2.84. The Morgan fingerprint density at radius 2 is 1.36 bits per heavy atom. The van der Waals surface area contributed by atoms with Crippen LogP contribution in [0.3, 0.4) is 0 Å². The van der Waals surface area contributed by atoms with E-state index in [0.29, 0.717) is 20.8 Å². The second-order valence-electron chi connectivity index (χ2n) is 5.85. The monoisotopic (exact) mass is 426 g/mol. The largest absolute Gasteiger partial charge is 0.394 e. The van der Waals surface area contributed by atoms with Crippen LogP contribution in [0.5, 0.6) is 0 Å². The Labute approximate surface area is 150 Å². The second kappa shape index (κ2) is 6.58. The van der Waals surface area contributed by atoms with Gasteiger partial charge in [-0.2, -0.15) is 0 Å². The summed E-state index contributed by atoms with van der Waals surface area (Å²) in [6, 6.07) is 0. The van der Waals surface area contributed by atoms with E-state index in [1.165, 1.54) is 0 Å². The van der Waals surface area contributed by atoms with E-state index < -0.39 is 63.8 Å². The van der Waals surface area contributed by atoms with Crippen LogP contribution in [-0.2, 0) is 23.9 Å². The molecule has 1 fully saturated rings. The highest BCUT2D eigenvalue weighted by Crippen LogP contribution is 2.50. The van der Waals surface area contributed by atoms with Crippen molar-refractivity contribution in [3.8, 4) is 0 Å². The van der Waals surface area contributed by atoms with Crippen molar-refractivity contribution in [2.75, 3.05) is 11.9 Å². The number of ketones is 4. The molecule has 5 atom stereocenters. The van der Waals surface area contributed by atoms with Crippen molar-refractivity contribution in [1.82, 2.24) is 0 Å². The number of Topliss-reactive ketones (excluding diaryl/α,β-unsaturated/α-hetero) is 4. The molecule has 10 nitrogen and oxygen atoms in total. The molecule has 25 heavy (non-hydrogen) atoms. The van der Waals surface area contributed by atoms with Gasteiger partial charge in [-0.3, -0.25) is 19.2 Å². The maximum absolute atomic E-state index is 12.2. The van der Waals surface area contributed by atoms with E-state index in [1.54, 1.807) is 0 Å². The fraction of sp³-hybridized carbons (Fsp3) is 0.714. The third-order valence-electron chi connectivity index (χ3n) is 4.57. The molecule has 1 saturated heterocycles. The lowest BCUT2D eigenvalue weighted by Crippen LogP contribution is -2.90. The lowest BCUT2D eigenvalue weighted by molar-refractivity contribution is -0.390. The normalized spacial score (nSPS) is 41.2. The molecule has 5 N–H and O–H groups in total.